The number of hydrogen-bond acceptors (Lipinski definition) is 7. The largest absolute Gasteiger partial charge is 0.475 e. The summed E-state index contributed by atoms with van der Waals surface area (Å²) in [6.07, 6.45) is -3.11. The van der Waals surface area contributed by atoms with Crippen LogP contribution in [0.2, 0.25) is 0 Å². The lowest BCUT2D eigenvalue weighted by Crippen LogP contribution is -2.44. The van der Waals surface area contributed by atoms with Crippen molar-refractivity contribution in [1.29, 1.82) is 5.26 Å². The predicted molar refractivity (Wildman–Crippen MR) is 137 cm³/mol. The van der Waals surface area contributed by atoms with Crippen LogP contribution in [-0.2, 0) is 11.0 Å². The number of alkyl halides is 3. The van der Waals surface area contributed by atoms with Gasteiger partial charge in [0, 0.05) is 11.6 Å². The Balaban J connectivity index is 1.62. The van der Waals surface area contributed by atoms with Gasteiger partial charge in [-0.25, -0.2) is 9.37 Å². The summed E-state index contributed by atoms with van der Waals surface area (Å²) in [4.78, 5) is 24.6. The first-order valence-corrected chi connectivity index (χ1v) is 12.3. The number of rotatable bonds is 6. The van der Waals surface area contributed by atoms with Gasteiger partial charge >= 0.3 is 6.18 Å². The second-order valence-electron chi connectivity index (χ2n) is 9.71. The number of benzene rings is 2. The molecule has 0 radical (unpaired) electrons. The molecule has 0 atom stereocenters. The van der Waals surface area contributed by atoms with Gasteiger partial charge in [0.15, 0.2) is 10.9 Å². The van der Waals surface area contributed by atoms with E-state index >= 15 is 4.39 Å². The zero-order valence-corrected chi connectivity index (χ0v) is 21.5. The molecule has 39 heavy (non-hydrogen) atoms. The van der Waals surface area contributed by atoms with Crippen molar-refractivity contribution < 1.29 is 32.2 Å². The Hall–Kier alpha value is -3.89. The number of ether oxygens (including phenoxy) is 1. The highest BCUT2D eigenvalue weighted by atomic mass is 32.1. The number of thiocarbonyl (C=S) groups is 1. The molecule has 202 valence electrons. The topological polar surface area (TPSA) is 103 Å². The smallest absolute Gasteiger partial charge is 0.417 e. The SMILES string of the molecule is CC1(C)C(=O)N(c2ccc(C#N)c(C(F)(F)F)c2)C(=S)N1c1cc(F)c2nc(C3CC3)nc(OCCO)c2c1. The lowest BCUT2D eigenvalue weighted by atomic mass is 10.0. The molecule has 2 heterocycles. The fourth-order valence-electron chi connectivity index (χ4n) is 4.53. The number of aliphatic hydroxyl groups excluding tert-OH is 1. The Labute approximate surface area is 225 Å². The number of carbonyl (C=O) groups excluding carboxylic acids is 1. The van der Waals surface area contributed by atoms with E-state index in [0.717, 1.165) is 29.9 Å². The summed E-state index contributed by atoms with van der Waals surface area (Å²) in [6.45, 7) is 2.62. The molecule has 1 amide bonds. The zero-order valence-electron chi connectivity index (χ0n) is 20.7. The molecule has 2 fully saturated rings. The molecule has 0 spiro atoms. The van der Waals surface area contributed by atoms with Crippen LogP contribution in [0.5, 0.6) is 5.88 Å². The minimum atomic E-state index is -4.84. The maximum Gasteiger partial charge on any atom is 0.417 e. The summed E-state index contributed by atoms with van der Waals surface area (Å²) in [6, 6.07) is 7.01. The molecule has 2 aromatic carbocycles. The Bertz CT molecular complexity index is 1570. The minimum Gasteiger partial charge on any atom is -0.475 e. The maximum atomic E-state index is 15.5. The summed E-state index contributed by atoms with van der Waals surface area (Å²) in [5, 5.41) is 18.4. The number of anilines is 2. The third kappa shape index (κ3) is 4.53. The van der Waals surface area contributed by atoms with Crippen LogP contribution in [-0.4, -0.2) is 44.8 Å². The molecular weight excluding hydrogens is 538 g/mol. The van der Waals surface area contributed by atoms with E-state index in [1.165, 1.54) is 36.9 Å². The Kier molecular flexibility index (Phi) is 6.43. The number of aliphatic hydroxyl groups is 1. The van der Waals surface area contributed by atoms with E-state index in [2.05, 4.69) is 9.97 Å². The van der Waals surface area contributed by atoms with Gasteiger partial charge in [-0.05, 0) is 69.2 Å². The Morgan fingerprint density at radius 1 is 1.21 bits per heavy atom. The molecule has 0 bridgehead atoms. The molecule has 1 N–H and O–H groups in total. The number of amides is 1. The molecule has 5 rings (SSSR count). The van der Waals surface area contributed by atoms with Crippen molar-refractivity contribution >= 4 is 45.5 Å². The van der Waals surface area contributed by atoms with Crippen molar-refractivity contribution in [3.8, 4) is 11.9 Å². The highest BCUT2D eigenvalue weighted by molar-refractivity contribution is 7.81. The summed E-state index contributed by atoms with van der Waals surface area (Å²) < 4.78 is 61.9. The van der Waals surface area contributed by atoms with E-state index in [0.29, 0.717) is 11.9 Å². The first-order valence-electron chi connectivity index (χ1n) is 11.9. The van der Waals surface area contributed by atoms with Gasteiger partial charge in [-0.3, -0.25) is 9.69 Å². The second kappa shape index (κ2) is 9.39. The van der Waals surface area contributed by atoms with Gasteiger partial charge in [0.1, 0.15) is 23.5 Å². The molecule has 3 aromatic rings. The number of fused-ring (bicyclic) bond motifs is 1. The van der Waals surface area contributed by atoms with Crippen molar-refractivity contribution in [1.82, 2.24) is 9.97 Å². The van der Waals surface area contributed by atoms with Crippen LogP contribution < -0.4 is 14.5 Å². The standard InChI is InChI=1S/C26H21F4N5O3S/c1-25(2)23(37)34(15-6-5-14(12-31)18(10-15)26(28,29)30)24(39)35(25)16-9-17-20(19(27)11-16)32-21(13-3-4-13)33-22(17)38-8-7-36/h5-6,9-11,13,36H,3-4,7-8H2,1-2H3. The van der Waals surface area contributed by atoms with Crippen molar-refractivity contribution in [3.05, 3.63) is 53.1 Å². The molecule has 2 aliphatic rings. The van der Waals surface area contributed by atoms with Gasteiger partial charge < -0.3 is 14.7 Å². The molecule has 1 aromatic heterocycles. The molecule has 0 unspecified atom stereocenters. The second-order valence-corrected chi connectivity index (χ2v) is 10.1. The van der Waals surface area contributed by atoms with Crippen LogP contribution >= 0.6 is 12.2 Å². The average Bonchev–Trinajstić information content (AvgIpc) is 3.70. The zero-order chi connectivity index (χ0) is 28.3. The number of halogens is 4. The first kappa shape index (κ1) is 26.7. The van der Waals surface area contributed by atoms with Crippen LogP contribution in [0.3, 0.4) is 0 Å². The Morgan fingerprint density at radius 2 is 1.92 bits per heavy atom. The maximum absolute atomic E-state index is 15.5. The molecule has 13 heteroatoms. The van der Waals surface area contributed by atoms with E-state index in [1.54, 1.807) is 0 Å². The minimum absolute atomic E-state index is 0.00314. The van der Waals surface area contributed by atoms with Gasteiger partial charge in [-0.1, -0.05) is 0 Å². The summed E-state index contributed by atoms with van der Waals surface area (Å²) in [7, 11) is 0. The first-order chi connectivity index (χ1) is 18.4. The van der Waals surface area contributed by atoms with Gasteiger partial charge in [0.05, 0.1) is 34.9 Å². The van der Waals surface area contributed by atoms with E-state index < -0.39 is 34.6 Å². The number of carbonyl (C=O) groups is 1. The molecule has 1 saturated heterocycles. The van der Waals surface area contributed by atoms with E-state index in [4.69, 9.17) is 22.2 Å². The van der Waals surface area contributed by atoms with Gasteiger partial charge in [0.25, 0.3) is 5.91 Å². The van der Waals surface area contributed by atoms with Crippen LogP contribution in [0, 0.1) is 17.1 Å². The van der Waals surface area contributed by atoms with E-state index in [-0.39, 0.29) is 52.4 Å². The van der Waals surface area contributed by atoms with Crippen molar-refractivity contribution in [2.45, 2.75) is 44.3 Å². The summed E-state index contributed by atoms with van der Waals surface area (Å²) >= 11 is 5.55. The van der Waals surface area contributed by atoms with Crippen molar-refractivity contribution in [2.75, 3.05) is 23.0 Å². The van der Waals surface area contributed by atoms with Crippen LogP contribution in [0.25, 0.3) is 10.9 Å². The third-order valence-electron chi connectivity index (χ3n) is 6.61. The normalized spacial score (nSPS) is 17.2. The third-order valence-corrected chi connectivity index (χ3v) is 6.97. The molecule has 1 saturated carbocycles. The van der Waals surface area contributed by atoms with Crippen LogP contribution in [0.15, 0.2) is 30.3 Å². The average molecular weight is 560 g/mol. The van der Waals surface area contributed by atoms with Gasteiger partial charge in [-0.15, -0.1) is 0 Å². The van der Waals surface area contributed by atoms with Crippen molar-refractivity contribution in [3.63, 3.8) is 0 Å². The molecular formula is C26H21F4N5O3S. The fraction of sp³-hybridized carbons (Fsp3) is 0.346. The van der Waals surface area contributed by atoms with Crippen LogP contribution in [0.1, 0.15) is 49.6 Å². The van der Waals surface area contributed by atoms with Gasteiger partial charge in [0.2, 0.25) is 5.88 Å². The number of nitriles is 1. The summed E-state index contributed by atoms with van der Waals surface area (Å²) in [5.41, 5.74) is -3.29. The molecule has 8 nitrogen and oxygen atoms in total. The number of hydrogen-bond donors (Lipinski definition) is 1. The number of nitrogens with zero attached hydrogens (tertiary/aromatic N) is 5. The quantitative estimate of drug-likeness (QED) is 0.339. The van der Waals surface area contributed by atoms with Gasteiger partial charge in [-0.2, -0.15) is 23.4 Å². The monoisotopic (exact) mass is 559 g/mol. The highest BCUT2D eigenvalue weighted by Gasteiger charge is 2.51. The molecule has 1 aliphatic carbocycles. The van der Waals surface area contributed by atoms with E-state index in [9.17, 15) is 23.1 Å². The lowest BCUT2D eigenvalue weighted by molar-refractivity contribution is -0.137. The summed E-state index contributed by atoms with van der Waals surface area (Å²) in [5.74, 6) is -0.799. The fourth-order valence-corrected chi connectivity index (χ4v) is 5.05. The lowest BCUT2D eigenvalue weighted by Gasteiger charge is -2.29. The highest BCUT2D eigenvalue weighted by Crippen LogP contribution is 2.43. The van der Waals surface area contributed by atoms with E-state index in [1.807, 2.05) is 0 Å². The van der Waals surface area contributed by atoms with Crippen molar-refractivity contribution in [2.24, 2.45) is 0 Å². The molecule has 1 aliphatic heterocycles. The number of aromatic nitrogens is 2. The van der Waals surface area contributed by atoms with Crippen LogP contribution in [0.4, 0.5) is 28.9 Å². The predicted octanol–water partition coefficient (Wildman–Crippen LogP) is 4.82. The Morgan fingerprint density at radius 3 is 2.54 bits per heavy atom.